The minimum Gasteiger partial charge on any atom is -0.399 e. The van der Waals surface area contributed by atoms with Crippen molar-refractivity contribution in [2.75, 3.05) is 5.73 Å². The molecule has 0 spiro atoms. The lowest BCUT2D eigenvalue weighted by Crippen LogP contribution is -1.81. The summed E-state index contributed by atoms with van der Waals surface area (Å²) in [6.45, 7) is 5.78. The van der Waals surface area contributed by atoms with E-state index in [9.17, 15) is 0 Å². The number of hydrogen-bond acceptors (Lipinski definition) is 1. The average molecular weight is 241 g/mol. The second-order valence-electron chi connectivity index (χ2n) is 3.71. The molecule has 18 heavy (non-hydrogen) atoms. The van der Waals surface area contributed by atoms with Gasteiger partial charge >= 0.3 is 0 Å². The Hall–Kier alpha value is -2.02. The Bertz CT molecular complexity index is 429. The molecule has 2 N–H and O–H groups in total. The first-order valence-corrected chi connectivity index (χ1v) is 5.78. The first-order valence-electron chi connectivity index (χ1n) is 5.78. The summed E-state index contributed by atoms with van der Waals surface area (Å²) in [5, 5.41) is 0. The van der Waals surface area contributed by atoms with E-state index in [4.69, 9.17) is 5.73 Å². The van der Waals surface area contributed by atoms with Crippen molar-refractivity contribution in [1.82, 2.24) is 0 Å². The number of aryl methyl sites for hydroxylation is 1. The first-order chi connectivity index (χ1) is 8.26. The Morgan fingerprint density at radius 1 is 1.00 bits per heavy atom. The van der Waals surface area contributed by atoms with Crippen LogP contribution in [0.3, 0.4) is 0 Å². The van der Waals surface area contributed by atoms with Crippen molar-refractivity contribution >= 4 is 11.8 Å². The van der Waals surface area contributed by atoms with Gasteiger partial charge in [-0.2, -0.15) is 0 Å². The molecule has 1 heteroatoms. The van der Waals surface area contributed by atoms with Gasteiger partial charge in [0, 0.05) is 5.69 Å². The Labute approximate surface area is 111 Å². The summed E-state index contributed by atoms with van der Waals surface area (Å²) in [7, 11) is 0. The second-order valence-corrected chi connectivity index (χ2v) is 3.71. The first kappa shape index (κ1) is 16.0. The molecule has 0 bridgehead atoms. The molecule has 0 saturated carbocycles. The van der Waals surface area contributed by atoms with Gasteiger partial charge < -0.3 is 5.73 Å². The lowest BCUT2D eigenvalue weighted by Gasteiger charge is -1.91. The maximum atomic E-state index is 5.45. The van der Waals surface area contributed by atoms with Crippen LogP contribution in [0.4, 0.5) is 5.69 Å². The normalized spacial score (nSPS) is 8.50. The van der Waals surface area contributed by atoms with Crippen molar-refractivity contribution in [3.8, 4) is 0 Å². The molecule has 0 aromatic heterocycles. The topological polar surface area (TPSA) is 26.0 Å². The van der Waals surface area contributed by atoms with Crippen LogP contribution in [0.15, 0.2) is 61.2 Å². The minimum absolute atomic E-state index is 0. The molecule has 96 valence electrons. The molecule has 0 saturated heterocycles. The van der Waals surface area contributed by atoms with Gasteiger partial charge in [-0.3, -0.25) is 0 Å². The number of rotatable bonds is 2. The van der Waals surface area contributed by atoms with Gasteiger partial charge in [-0.15, -0.1) is 0 Å². The van der Waals surface area contributed by atoms with E-state index >= 15 is 0 Å². The predicted octanol–water partition coefficient (Wildman–Crippen LogP) is 4.80. The zero-order valence-corrected chi connectivity index (χ0v) is 10.3. The Kier molecular flexibility index (Phi) is 8.04. The highest BCUT2D eigenvalue weighted by atomic mass is 14.5. The third kappa shape index (κ3) is 5.90. The van der Waals surface area contributed by atoms with E-state index in [2.05, 4.69) is 37.8 Å². The summed E-state index contributed by atoms with van der Waals surface area (Å²) in [4.78, 5) is 0. The van der Waals surface area contributed by atoms with Crippen molar-refractivity contribution < 1.29 is 0 Å². The monoisotopic (exact) mass is 241 g/mol. The fourth-order valence-corrected chi connectivity index (χ4v) is 1.35. The highest BCUT2D eigenvalue weighted by molar-refractivity contribution is 5.51. The molecule has 0 aliphatic carbocycles. The molecular weight excluding hydrogens is 218 g/mol. The standard InChI is InChI=1S/C8H9N.C8H10.CH4/c1-2-7-3-5-8(9)6-4-7;1-2-8-6-4-3-5-7-8;/h2-6H,1,9H2;3-7H,2H2,1H3;1H4. The van der Waals surface area contributed by atoms with Gasteiger partial charge in [-0.25, -0.2) is 0 Å². The van der Waals surface area contributed by atoms with E-state index in [1.54, 1.807) is 6.08 Å². The Morgan fingerprint density at radius 3 is 1.94 bits per heavy atom. The van der Waals surface area contributed by atoms with Crippen LogP contribution in [0.25, 0.3) is 6.08 Å². The summed E-state index contributed by atoms with van der Waals surface area (Å²) in [6, 6.07) is 18.0. The lowest BCUT2D eigenvalue weighted by atomic mass is 10.2. The molecule has 2 aromatic carbocycles. The van der Waals surface area contributed by atoms with Crippen molar-refractivity contribution in [2.24, 2.45) is 0 Å². The van der Waals surface area contributed by atoms with Crippen LogP contribution in [0.1, 0.15) is 25.5 Å². The fourth-order valence-electron chi connectivity index (χ4n) is 1.35. The minimum atomic E-state index is 0. The van der Waals surface area contributed by atoms with Crippen LogP contribution >= 0.6 is 0 Å². The van der Waals surface area contributed by atoms with E-state index in [0.29, 0.717) is 0 Å². The molecule has 0 aliphatic rings. The molecular formula is C17H23N. The molecule has 2 rings (SSSR count). The SMILES string of the molecule is C.C=Cc1ccc(N)cc1.CCc1ccccc1. The Morgan fingerprint density at radius 2 is 1.56 bits per heavy atom. The molecule has 1 nitrogen and oxygen atoms in total. The largest absolute Gasteiger partial charge is 0.399 e. The molecule has 0 unspecified atom stereocenters. The van der Waals surface area contributed by atoms with Crippen LogP contribution in [-0.2, 0) is 6.42 Å². The second kappa shape index (κ2) is 9.06. The third-order valence-corrected chi connectivity index (χ3v) is 2.42. The Balaban J connectivity index is 0.000000306. The van der Waals surface area contributed by atoms with Crippen LogP contribution in [0.5, 0.6) is 0 Å². The van der Waals surface area contributed by atoms with E-state index in [1.807, 2.05) is 30.3 Å². The summed E-state index contributed by atoms with van der Waals surface area (Å²) in [5.41, 5.74) is 8.75. The van der Waals surface area contributed by atoms with Crippen LogP contribution in [0.2, 0.25) is 0 Å². The van der Waals surface area contributed by atoms with Crippen LogP contribution < -0.4 is 5.73 Å². The molecule has 2 aromatic rings. The van der Waals surface area contributed by atoms with Gasteiger partial charge in [-0.1, -0.05) is 69.5 Å². The summed E-state index contributed by atoms with van der Waals surface area (Å²) in [5.74, 6) is 0. The van der Waals surface area contributed by atoms with E-state index < -0.39 is 0 Å². The van der Waals surface area contributed by atoms with Gasteiger partial charge in [0.25, 0.3) is 0 Å². The summed E-state index contributed by atoms with van der Waals surface area (Å²) >= 11 is 0. The molecule has 0 atom stereocenters. The molecule has 0 fully saturated rings. The number of hydrogen-bond donors (Lipinski definition) is 1. The highest BCUT2D eigenvalue weighted by Gasteiger charge is 1.82. The van der Waals surface area contributed by atoms with Crippen LogP contribution in [0, 0.1) is 0 Å². The van der Waals surface area contributed by atoms with Gasteiger partial charge in [0.15, 0.2) is 0 Å². The van der Waals surface area contributed by atoms with Crippen LogP contribution in [-0.4, -0.2) is 0 Å². The van der Waals surface area contributed by atoms with E-state index in [0.717, 1.165) is 17.7 Å². The maximum Gasteiger partial charge on any atom is 0.0314 e. The zero-order chi connectivity index (χ0) is 12.5. The summed E-state index contributed by atoms with van der Waals surface area (Å²) < 4.78 is 0. The van der Waals surface area contributed by atoms with Crippen molar-refractivity contribution in [2.45, 2.75) is 20.8 Å². The maximum absolute atomic E-state index is 5.45. The smallest absolute Gasteiger partial charge is 0.0314 e. The predicted molar refractivity (Wildman–Crippen MR) is 83.5 cm³/mol. The van der Waals surface area contributed by atoms with E-state index in [1.165, 1.54) is 5.56 Å². The van der Waals surface area contributed by atoms with E-state index in [-0.39, 0.29) is 7.43 Å². The number of benzene rings is 2. The number of nitrogens with two attached hydrogens (primary N) is 1. The van der Waals surface area contributed by atoms with Gasteiger partial charge in [0.05, 0.1) is 0 Å². The molecule has 0 amide bonds. The quantitative estimate of drug-likeness (QED) is 0.751. The fraction of sp³-hybridized carbons (Fsp3) is 0.176. The molecule has 0 heterocycles. The molecule has 0 radical (unpaired) electrons. The average Bonchev–Trinajstić information content (AvgIpc) is 2.41. The van der Waals surface area contributed by atoms with Gasteiger partial charge in [0.2, 0.25) is 0 Å². The number of nitrogen functional groups attached to an aromatic ring is 1. The van der Waals surface area contributed by atoms with Gasteiger partial charge in [0.1, 0.15) is 0 Å². The highest BCUT2D eigenvalue weighted by Crippen LogP contribution is 2.05. The zero-order valence-electron chi connectivity index (χ0n) is 10.3. The lowest BCUT2D eigenvalue weighted by molar-refractivity contribution is 1.14. The third-order valence-electron chi connectivity index (χ3n) is 2.42. The molecule has 0 aliphatic heterocycles. The van der Waals surface area contributed by atoms with Crippen molar-refractivity contribution in [3.05, 3.63) is 72.3 Å². The van der Waals surface area contributed by atoms with Crippen molar-refractivity contribution in [1.29, 1.82) is 0 Å². The summed E-state index contributed by atoms with van der Waals surface area (Å²) in [6.07, 6.45) is 2.93. The van der Waals surface area contributed by atoms with Gasteiger partial charge in [-0.05, 0) is 29.7 Å². The van der Waals surface area contributed by atoms with Crippen molar-refractivity contribution in [3.63, 3.8) is 0 Å². The number of anilines is 1.